The molecule has 1 fully saturated rings. The summed E-state index contributed by atoms with van der Waals surface area (Å²) in [6, 6.07) is 2.35. The Morgan fingerprint density at radius 2 is 2.09 bits per heavy atom. The van der Waals surface area contributed by atoms with Crippen LogP contribution in [0.15, 0.2) is 46.6 Å². The number of hydrogen-bond donors (Lipinski definition) is 2. The summed E-state index contributed by atoms with van der Waals surface area (Å²) >= 11 is 0. The number of hydrogen-bond acceptors (Lipinski definition) is 9. The number of esters is 1. The predicted molar refractivity (Wildman–Crippen MR) is 122 cm³/mol. The molecule has 0 unspecified atom stereocenters. The second kappa shape index (κ2) is 9.14. The number of carbonyl (C=O) groups is 2. The van der Waals surface area contributed by atoms with E-state index in [9.17, 15) is 9.59 Å². The summed E-state index contributed by atoms with van der Waals surface area (Å²) < 4.78 is 12.5. The Bertz CT molecular complexity index is 1230. The third-order valence-electron chi connectivity index (χ3n) is 6.04. The molecule has 3 aromatic rings. The number of anilines is 1. The molecule has 12 nitrogen and oxygen atoms in total. The van der Waals surface area contributed by atoms with Gasteiger partial charge in [0.25, 0.3) is 0 Å². The molecule has 5 rings (SSSR count). The number of furan rings is 1. The van der Waals surface area contributed by atoms with Crippen molar-refractivity contribution in [1.82, 2.24) is 35.3 Å². The third kappa shape index (κ3) is 4.07. The van der Waals surface area contributed by atoms with E-state index in [0.717, 1.165) is 43.0 Å². The van der Waals surface area contributed by atoms with Gasteiger partial charge in [-0.25, -0.2) is 19.6 Å². The van der Waals surface area contributed by atoms with Crippen LogP contribution < -0.4 is 15.5 Å². The molecule has 12 heteroatoms. The normalized spacial score (nSPS) is 19.3. The Kier molecular flexibility index (Phi) is 5.88. The minimum absolute atomic E-state index is 0.231. The maximum absolute atomic E-state index is 12.9. The average molecular weight is 467 g/mol. The van der Waals surface area contributed by atoms with Crippen molar-refractivity contribution in [3.05, 3.63) is 48.0 Å². The first kappa shape index (κ1) is 21.9. The Labute approximate surface area is 195 Å². The summed E-state index contributed by atoms with van der Waals surface area (Å²) in [7, 11) is 1.86. The minimum atomic E-state index is -0.709. The summed E-state index contributed by atoms with van der Waals surface area (Å²) in [6.45, 7) is 5.29. The largest absolute Gasteiger partial charge is 0.467 e. The molecule has 0 radical (unpaired) electrons. The number of amides is 2. The van der Waals surface area contributed by atoms with Crippen LogP contribution in [0.5, 0.6) is 0 Å². The zero-order chi connectivity index (χ0) is 23.7. The van der Waals surface area contributed by atoms with Crippen molar-refractivity contribution in [2.75, 3.05) is 44.2 Å². The van der Waals surface area contributed by atoms with E-state index in [4.69, 9.17) is 9.15 Å². The molecule has 34 heavy (non-hydrogen) atoms. The lowest BCUT2D eigenvalue weighted by atomic mass is 9.99. The lowest BCUT2D eigenvalue weighted by Gasteiger charge is -2.37. The van der Waals surface area contributed by atoms with E-state index in [2.05, 4.69) is 35.5 Å². The number of piperazine rings is 1. The maximum atomic E-state index is 12.9. The standard InChI is InChI=1S/C22H26N8O4/c1-3-33-21(31)17-15(26-22(32)27-18(17)16-5-4-10-34-16)12-29-6-8-30(9-7-29)20-14-11-25-28(2)19(14)23-13-24-20/h4-5,10-11,13,18H,3,6-9,12H2,1-2H3,(H2,26,27,32)/t18-/m0/s1. The summed E-state index contributed by atoms with van der Waals surface area (Å²) in [5.74, 6) is 0.853. The van der Waals surface area contributed by atoms with Gasteiger partial charge in [0, 0.05) is 45.5 Å². The Morgan fingerprint density at radius 1 is 1.26 bits per heavy atom. The predicted octanol–water partition coefficient (Wildman–Crippen LogP) is 0.950. The van der Waals surface area contributed by atoms with Gasteiger partial charge in [-0.15, -0.1) is 0 Å². The zero-order valence-electron chi connectivity index (χ0n) is 19.0. The van der Waals surface area contributed by atoms with Crippen LogP contribution in [-0.2, 0) is 16.6 Å². The monoisotopic (exact) mass is 466 g/mol. The first-order valence-electron chi connectivity index (χ1n) is 11.2. The first-order valence-corrected chi connectivity index (χ1v) is 11.2. The van der Waals surface area contributed by atoms with Crippen LogP contribution in [0.2, 0.25) is 0 Å². The number of ether oxygens (including phenoxy) is 1. The fraction of sp³-hybridized carbons (Fsp3) is 0.409. The molecular weight excluding hydrogens is 440 g/mol. The van der Waals surface area contributed by atoms with Crippen LogP contribution in [0.1, 0.15) is 18.7 Å². The molecule has 0 aromatic carbocycles. The van der Waals surface area contributed by atoms with E-state index < -0.39 is 12.0 Å². The van der Waals surface area contributed by atoms with Gasteiger partial charge in [-0.1, -0.05) is 0 Å². The van der Waals surface area contributed by atoms with Gasteiger partial charge in [-0.05, 0) is 19.1 Å². The van der Waals surface area contributed by atoms with E-state index in [1.807, 2.05) is 7.05 Å². The first-order chi connectivity index (χ1) is 16.5. The van der Waals surface area contributed by atoms with Crippen molar-refractivity contribution in [2.45, 2.75) is 13.0 Å². The van der Waals surface area contributed by atoms with Gasteiger partial charge in [0.2, 0.25) is 0 Å². The molecule has 3 aromatic heterocycles. The molecule has 5 heterocycles. The lowest BCUT2D eigenvalue weighted by molar-refractivity contribution is -0.139. The van der Waals surface area contributed by atoms with E-state index in [-0.39, 0.29) is 12.6 Å². The summed E-state index contributed by atoms with van der Waals surface area (Å²) in [5, 5.41) is 10.8. The highest BCUT2D eigenvalue weighted by Gasteiger charge is 2.36. The Morgan fingerprint density at radius 3 is 2.82 bits per heavy atom. The fourth-order valence-corrected chi connectivity index (χ4v) is 4.40. The molecule has 0 spiro atoms. The van der Waals surface area contributed by atoms with Crippen molar-refractivity contribution in [1.29, 1.82) is 0 Å². The van der Waals surface area contributed by atoms with Gasteiger partial charge in [-0.3, -0.25) is 9.58 Å². The third-order valence-corrected chi connectivity index (χ3v) is 6.04. The highest BCUT2D eigenvalue weighted by Crippen LogP contribution is 2.29. The molecule has 2 aliphatic rings. The number of urea groups is 1. The van der Waals surface area contributed by atoms with Gasteiger partial charge in [0.1, 0.15) is 23.9 Å². The maximum Gasteiger partial charge on any atom is 0.338 e. The Hall–Kier alpha value is -3.93. The second-order valence-electron chi connectivity index (χ2n) is 8.13. The molecule has 0 saturated carbocycles. The number of carbonyl (C=O) groups excluding carboxylic acids is 2. The van der Waals surface area contributed by atoms with E-state index >= 15 is 0 Å². The van der Waals surface area contributed by atoms with Gasteiger partial charge in [0.05, 0.1) is 30.0 Å². The van der Waals surface area contributed by atoms with Gasteiger partial charge >= 0.3 is 12.0 Å². The molecule has 2 amide bonds. The summed E-state index contributed by atoms with van der Waals surface area (Å²) in [6.07, 6.45) is 4.85. The summed E-state index contributed by atoms with van der Waals surface area (Å²) in [4.78, 5) is 38.5. The van der Waals surface area contributed by atoms with Crippen LogP contribution in [0, 0.1) is 0 Å². The van der Waals surface area contributed by atoms with E-state index in [1.165, 1.54) is 6.26 Å². The van der Waals surface area contributed by atoms with E-state index in [1.54, 1.807) is 36.3 Å². The number of fused-ring (bicyclic) bond motifs is 1. The molecule has 2 aliphatic heterocycles. The van der Waals surface area contributed by atoms with Crippen molar-refractivity contribution in [3.63, 3.8) is 0 Å². The number of aryl methyl sites for hydroxylation is 1. The van der Waals surface area contributed by atoms with E-state index in [0.29, 0.717) is 23.6 Å². The quantitative estimate of drug-likeness (QED) is 0.510. The van der Waals surface area contributed by atoms with Crippen LogP contribution in [-0.4, -0.2) is 76.0 Å². The fourth-order valence-electron chi connectivity index (χ4n) is 4.40. The topological polar surface area (TPSA) is 131 Å². The SMILES string of the molecule is CCOC(=O)C1=C(CN2CCN(c3ncnc4c3cnn4C)CC2)NC(=O)N[C@H]1c1ccco1. The van der Waals surface area contributed by atoms with Gasteiger partial charge in [-0.2, -0.15) is 5.10 Å². The molecular formula is C22H26N8O4. The highest BCUT2D eigenvalue weighted by atomic mass is 16.5. The molecule has 178 valence electrons. The van der Waals surface area contributed by atoms with Crippen LogP contribution in [0.4, 0.5) is 10.6 Å². The molecule has 1 saturated heterocycles. The number of aromatic nitrogens is 4. The van der Waals surface area contributed by atoms with Crippen molar-refractivity contribution >= 4 is 28.9 Å². The Balaban J connectivity index is 1.35. The van der Waals surface area contributed by atoms with Crippen LogP contribution in [0.3, 0.4) is 0 Å². The van der Waals surface area contributed by atoms with Crippen molar-refractivity contribution < 1.29 is 18.7 Å². The van der Waals surface area contributed by atoms with Gasteiger partial charge in [0.15, 0.2) is 5.65 Å². The number of nitrogens with zero attached hydrogens (tertiary/aromatic N) is 6. The molecule has 2 N–H and O–H groups in total. The van der Waals surface area contributed by atoms with Gasteiger partial charge < -0.3 is 24.7 Å². The van der Waals surface area contributed by atoms with Crippen LogP contribution in [0.25, 0.3) is 11.0 Å². The number of rotatable bonds is 6. The van der Waals surface area contributed by atoms with Crippen molar-refractivity contribution in [3.8, 4) is 0 Å². The second-order valence-corrected chi connectivity index (χ2v) is 8.13. The molecule has 1 atom stereocenters. The lowest BCUT2D eigenvalue weighted by Crippen LogP contribution is -2.52. The smallest absolute Gasteiger partial charge is 0.338 e. The van der Waals surface area contributed by atoms with Crippen LogP contribution >= 0.6 is 0 Å². The highest BCUT2D eigenvalue weighted by molar-refractivity contribution is 5.95. The average Bonchev–Trinajstić information content (AvgIpc) is 3.50. The minimum Gasteiger partial charge on any atom is -0.467 e. The number of nitrogens with one attached hydrogen (secondary N) is 2. The molecule has 0 bridgehead atoms. The molecule has 0 aliphatic carbocycles. The van der Waals surface area contributed by atoms with Crippen molar-refractivity contribution in [2.24, 2.45) is 7.05 Å². The zero-order valence-corrected chi connectivity index (χ0v) is 19.0. The summed E-state index contributed by atoms with van der Waals surface area (Å²) in [5.41, 5.74) is 1.67.